The predicted octanol–water partition coefficient (Wildman–Crippen LogP) is 0.612. The fourth-order valence-corrected chi connectivity index (χ4v) is 1.32. The Kier molecular flexibility index (Phi) is 10.1. The molecule has 0 aromatic rings. The molecule has 6 nitrogen and oxygen atoms in total. The van der Waals surface area contributed by atoms with Crippen molar-refractivity contribution in [1.29, 1.82) is 5.26 Å². The third kappa shape index (κ3) is 10.4. The summed E-state index contributed by atoms with van der Waals surface area (Å²) in [5.41, 5.74) is 0. The van der Waals surface area contributed by atoms with Crippen LogP contribution in [0.15, 0.2) is 0 Å². The zero-order chi connectivity index (χ0) is 13.6. The smallest absolute Gasteiger partial charge is 0.300 e. The number of nitriles is 1. The molecule has 0 saturated carbocycles. The Morgan fingerprint density at radius 1 is 1.06 bits per heavy atom. The van der Waals surface area contributed by atoms with E-state index >= 15 is 0 Å². The molecule has 0 rings (SSSR count). The lowest BCUT2D eigenvalue weighted by atomic mass is 10.2. The van der Waals surface area contributed by atoms with E-state index in [-0.39, 0.29) is 24.8 Å². The summed E-state index contributed by atoms with van der Waals surface area (Å²) in [5, 5.41) is 13.6. The van der Waals surface area contributed by atoms with Gasteiger partial charge >= 0.3 is 0 Å². The predicted molar refractivity (Wildman–Crippen MR) is 66.2 cm³/mol. The molecule has 0 spiro atoms. The molecule has 0 unspecified atom stereocenters. The number of nitrogens with zero attached hydrogens (tertiary/aromatic N) is 2. The monoisotopic (exact) mass is 250 g/mol. The molecule has 2 amide bonds. The lowest BCUT2D eigenvalue weighted by Gasteiger charge is -2.03. The van der Waals surface area contributed by atoms with Crippen molar-refractivity contribution in [2.45, 2.75) is 32.1 Å². The number of carbonyl (C=O) groups is 2. The van der Waals surface area contributed by atoms with Crippen molar-refractivity contribution in [2.75, 3.05) is 19.6 Å². The Hall–Kier alpha value is -2.08. The topological polar surface area (TPSA) is 86.3 Å². The molecule has 0 aliphatic carbocycles. The maximum Gasteiger partial charge on any atom is 0.300 e. The van der Waals surface area contributed by atoms with Crippen LogP contribution in [0.1, 0.15) is 32.1 Å². The number of carbonyl (C=O) groups excluding carboxylic acids is 2. The highest BCUT2D eigenvalue weighted by Gasteiger charge is 2.01. The van der Waals surface area contributed by atoms with Crippen LogP contribution < -0.4 is 10.6 Å². The molecular weight excluding hydrogens is 232 g/mol. The van der Waals surface area contributed by atoms with Gasteiger partial charge in [-0.3, -0.25) is 9.59 Å². The van der Waals surface area contributed by atoms with E-state index in [1.165, 1.54) is 0 Å². The number of rotatable bonds is 9. The van der Waals surface area contributed by atoms with Crippen LogP contribution >= 0.6 is 0 Å². The first-order valence-corrected chi connectivity index (χ1v) is 5.94. The first-order valence-electron chi connectivity index (χ1n) is 5.94. The molecule has 18 heavy (non-hydrogen) atoms. The highest BCUT2D eigenvalue weighted by Crippen LogP contribution is 1.97. The molecule has 6 heteroatoms. The van der Waals surface area contributed by atoms with Gasteiger partial charge in [0, 0.05) is 13.1 Å². The van der Waals surface area contributed by atoms with Gasteiger partial charge in [0.1, 0.15) is 6.42 Å². The number of amides is 2. The molecule has 0 saturated heterocycles. The summed E-state index contributed by atoms with van der Waals surface area (Å²) in [6, 6.07) is 1.78. The molecule has 0 aliphatic rings. The maximum atomic E-state index is 10.9. The van der Waals surface area contributed by atoms with Gasteiger partial charge in [-0.1, -0.05) is 12.8 Å². The third-order valence-electron chi connectivity index (χ3n) is 2.21. The highest BCUT2D eigenvalue weighted by atomic mass is 16.2. The van der Waals surface area contributed by atoms with Crippen LogP contribution in [0.3, 0.4) is 0 Å². The van der Waals surface area contributed by atoms with E-state index in [1.54, 1.807) is 6.07 Å². The molecule has 0 atom stereocenters. The van der Waals surface area contributed by atoms with Crippen molar-refractivity contribution in [3.8, 4) is 6.07 Å². The van der Waals surface area contributed by atoms with Gasteiger partial charge in [0.05, 0.1) is 6.07 Å². The van der Waals surface area contributed by atoms with Gasteiger partial charge < -0.3 is 15.5 Å². The number of nitrogens with one attached hydrogen (secondary N) is 2. The van der Waals surface area contributed by atoms with E-state index in [1.807, 2.05) is 0 Å². The Labute approximate surface area is 107 Å². The van der Waals surface area contributed by atoms with Crippen molar-refractivity contribution < 1.29 is 9.59 Å². The molecule has 0 aromatic carbocycles. The molecule has 0 radical (unpaired) electrons. The van der Waals surface area contributed by atoms with E-state index in [2.05, 4.69) is 15.5 Å². The van der Waals surface area contributed by atoms with Crippen molar-refractivity contribution in [3.63, 3.8) is 0 Å². The number of hydrogen-bond acceptors (Lipinski definition) is 3. The van der Waals surface area contributed by atoms with E-state index in [9.17, 15) is 9.59 Å². The highest BCUT2D eigenvalue weighted by molar-refractivity contribution is 5.79. The van der Waals surface area contributed by atoms with Crippen LogP contribution in [0, 0.1) is 17.9 Å². The van der Waals surface area contributed by atoms with E-state index in [0.29, 0.717) is 13.1 Å². The van der Waals surface area contributed by atoms with Crippen molar-refractivity contribution in [3.05, 3.63) is 11.4 Å². The molecule has 0 heterocycles. The second-order valence-corrected chi connectivity index (χ2v) is 3.77. The first kappa shape index (κ1) is 15.9. The minimum absolute atomic E-state index is 0.0902. The number of hydrogen-bond donors (Lipinski definition) is 2. The Morgan fingerprint density at radius 2 is 1.61 bits per heavy atom. The lowest BCUT2D eigenvalue weighted by Crippen LogP contribution is -2.26. The molecule has 0 aromatic heterocycles. The summed E-state index contributed by atoms with van der Waals surface area (Å²) in [4.78, 5) is 24.8. The Morgan fingerprint density at radius 3 is 2.11 bits per heavy atom. The minimum atomic E-state index is -0.232. The molecule has 0 aliphatic heterocycles. The second kappa shape index (κ2) is 11.4. The third-order valence-corrected chi connectivity index (χ3v) is 2.21. The number of unbranched alkanes of at least 4 members (excludes halogenated alkanes) is 3. The summed E-state index contributed by atoms with van der Waals surface area (Å²) in [5.74, 6) is -0.460. The van der Waals surface area contributed by atoms with Gasteiger partial charge in [-0.05, 0) is 12.8 Å². The van der Waals surface area contributed by atoms with Crippen LogP contribution in [0.2, 0.25) is 0 Å². The summed E-state index contributed by atoms with van der Waals surface area (Å²) in [6.45, 7) is 7.57. The SMILES string of the molecule is [C-]#[N+]CC(=O)NCCCCCCNC(=O)CC#N. The minimum Gasteiger partial charge on any atom is -0.355 e. The van der Waals surface area contributed by atoms with E-state index in [0.717, 1.165) is 25.7 Å². The van der Waals surface area contributed by atoms with Crippen LogP contribution in [0.25, 0.3) is 4.85 Å². The van der Waals surface area contributed by atoms with Crippen LogP contribution in [-0.4, -0.2) is 31.4 Å². The Balaban J connectivity index is 3.22. The van der Waals surface area contributed by atoms with Gasteiger partial charge in [0.25, 0.3) is 12.5 Å². The normalized spacial score (nSPS) is 9.00. The standard InChI is InChI=1S/C12H18N4O2/c1-14-10-12(18)16-9-5-3-2-4-8-15-11(17)6-7-13/h2-6,8-10H2,(H,15,17)(H,16,18). The average Bonchev–Trinajstić information content (AvgIpc) is 2.33. The summed E-state index contributed by atoms with van der Waals surface area (Å²) >= 11 is 0. The fourth-order valence-electron chi connectivity index (χ4n) is 1.32. The fraction of sp³-hybridized carbons (Fsp3) is 0.667. The average molecular weight is 250 g/mol. The largest absolute Gasteiger partial charge is 0.355 e. The first-order chi connectivity index (χ1) is 8.70. The van der Waals surface area contributed by atoms with Gasteiger partial charge in [-0.15, -0.1) is 0 Å². The molecular formula is C12H18N4O2. The lowest BCUT2D eigenvalue weighted by molar-refractivity contribution is -0.120. The van der Waals surface area contributed by atoms with E-state index < -0.39 is 0 Å². The van der Waals surface area contributed by atoms with Gasteiger partial charge in [-0.25, -0.2) is 6.57 Å². The quantitative estimate of drug-likeness (QED) is 0.464. The summed E-state index contributed by atoms with van der Waals surface area (Å²) in [6.07, 6.45) is 3.58. The van der Waals surface area contributed by atoms with E-state index in [4.69, 9.17) is 11.8 Å². The van der Waals surface area contributed by atoms with Crippen LogP contribution in [-0.2, 0) is 9.59 Å². The molecule has 0 fully saturated rings. The van der Waals surface area contributed by atoms with Gasteiger partial charge in [0.15, 0.2) is 0 Å². The van der Waals surface area contributed by atoms with Crippen LogP contribution in [0.4, 0.5) is 0 Å². The van der Waals surface area contributed by atoms with Crippen LogP contribution in [0.5, 0.6) is 0 Å². The van der Waals surface area contributed by atoms with Crippen molar-refractivity contribution >= 4 is 11.8 Å². The van der Waals surface area contributed by atoms with Crippen molar-refractivity contribution in [2.24, 2.45) is 0 Å². The zero-order valence-electron chi connectivity index (χ0n) is 10.4. The van der Waals surface area contributed by atoms with Gasteiger partial charge in [-0.2, -0.15) is 5.26 Å². The summed E-state index contributed by atoms with van der Waals surface area (Å²) < 4.78 is 0. The zero-order valence-corrected chi connectivity index (χ0v) is 10.4. The molecule has 0 bridgehead atoms. The Bertz CT molecular complexity index is 307. The molecule has 2 N–H and O–H groups in total. The van der Waals surface area contributed by atoms with Gasteiger partial charge in [0.2, 0.25) is 5.91 Å². The summed E-state index contributed by atoms with van der Waals surface area (Å²) in [7, 11) is 0. The van der Waals surface area contributed by atoms with Crippen molar-refractivity contribution in [1.82, 2.24) is 10.6 Å². The molecule has 98 valence electrons. The second-order valence-electron chi connectivity index (χ2n) is 3.77. The maximum absolute atomic E-state index is 10.9.